The molecular formula is C13H18N2O3S2. The molecule has 5 nitrogen and oxygen atoms in total. The first-order valence-electron chi connectivity index (χ1n) is 6.35. The van der Waals surface area contributed by atoms with Crippen LogP contribution in [0.2, 0.25) is 0 Å². The second-order valence-corrected chi connectivity index (χ2v) is 9.13. The molecule has 1 unspecified atom stereocenters. The fraction of sp³-hybridized carbons (Fsp3) is 0.462. The molecule has 0 aromatic heterocycles. The number of benzene rings is 1. The Hall–Kier alpha value is -1.05. The third-order valence-electron chi connectivity index (χ3n) is 2.92. The van der Waals surface area contributed by atoms with Gasteiger partial charge in [-0.25, -0.2) is 8.42 Å². The van der Waals surface area contributed by atoms with Gasteiger partial charge >= 0.3 is 0 Å². The average Bonchev–Trinajstić information content (AvgIpc) is 2.77. The van der Waals surface area contributed by atoms with Gasteiger partial charge in [-0.1, -0.05) is 0 Å². The van der Waals surface area contributed by atoms with Gasteiger partial charge in [0, 0.05) is 24.1 Å². The molecule has 2 rings (SSSR count). The van der Waals surface area contributed by atoms with Crippen LogP contribution in [-0.2, 0) is 8.87 Å². The highest BCUT2D eigenvalue weighted by molar-refractivity contribution is 8.71. The lowest BCUT2D eigenvalue weighted by molar-refractivity contribution is 0.344. The van der Waals surface area contributed by atoms with Gasteiger partial charge in [0.1, 0.15) is 5.75 Å². The van der Waals surface area contributed by atoms with Crippen LogP contribution in [0, 0.1) is 0 Å². The van der Waals surface area contributed by atoms with Crippen molar-refractivity contribution in [1.29, 1.82) is 0 Å². The summed E-state index contributed by atoms with van der Waals surface area (Å²) in [5.74, 6) is 1.41. The van der Waals surface area contributed by atoms with Crippen molar-refractivity contribution in [2.45, 2.75) is 12.3 Å². The Morgan fingerprint density at radius 1 is 1.45 bits per heavy atom. The fourth-order valence-electron chi connectivity index (χ4n) is 2.04. The van der Waals surface area contributed by atoms with Gasteiger partial charge in [0.15, 0.2) is 8.87 Å². The van der Waals surface area contributed by atoms with E-state index < -0.39 is 8.87 Å². The Labute approximate surface area is 122 Å². The number of fused-ring (bicyclic) bond motifs is 1. The standard InChI is InChI=1S/C13H18N2O3S2/c1-20(16,17)19-7-6-18-11-2-3-13-12(8-11)10(4-5-14)9-15-13/h2-3,8-10H,4-7,14H2,1H3. The Bertz CT molecular complexity index is 600. The number of hydrogen-bond donors (Lipinski definition) is 1. The molecule has 110 valence electrons. The van der Waals surface area contributed by atoms with Crippen LogP contribution in [0.5, 0.6) is 5.75 Å². The van der Waals surface area contributed by atoms with Gasteiger partial charge in [-0.2, -0.15) is 0 Å². The highest BCUT2D eigenvalue weighted by Crippen LogP contribution is 2.36. The molecule has 0 spiro atoms. The molecule has 0 aliphatic carbocycles. The van der Waals surface area contributed by atoms with E-state index in [9.17, 15) is 8.42 Å². The maximum atomic E-state index is 11.0. The van der Waals surface area contributed by atoms with E-state index in [1.165, 1.54) is 6.26 Å². The molecule has 7 heteroatoms. The highest BCUT2D eigenvalue weighted by Gasteiger charge is 2.18. The zero-order chi connectivity index (χ0) is 14.6. The number of ether oxygens (including phenoxy) is 1. The van der Waals surface area contributed by atoms with Gasteiger partial charge in [-0.05, 0) is 47.5 Å². The van der Waals surface area contributed by atoms with Crippen LogP contribution >= 0.6 is 10.8 Å². The lowest BCUT2D eigenvalue weighted by Crippen LogP contribution is -2.07. The normalized spacial score (nSPS) is 17.2. The van der Waals surface area contributed by atoms with Crippen molar-refractivity contribution in [3.8, 4) is 5.75 Å². The number of nitrogens with two attached hydrogens (primary N) is 1. The minimum absolute atomic E-state index is 0.254. The molecule has 0 bridgehead atoms. The predicted octanol–water partition coefficient (Wildman–Crippen LogP) is 1.91. The molecule has 0 amide bonds. The van der Waals surface area contributed by atoms with E-state index in [-0.39, 0.29) is 5.92 Å². The average molecular weight is 314 g/mol. The zero-order valence-electron chi connectivity index (χ0n) is 11.3. The molecule has 0 fully saturated rings. The zero-order valence-corrected chi connectivity index (χ0v) is 12.9. The Balaban J connectivity index is 1.93. The van der Waals surface area contributed by atoms with E-state index in [2.05, 4.69) is 4.99 Å². The summed E-state index contributed by atoms with van der Waals surface area (Å²) in [6.07, 6.45) is 3.98. The molecule has 1 aromatic carbocycles. The summed E-state index contributed by atoms with van der Waals surface area (Å²) in [5.41, 5.74) is 7.68. The lowest BCUT2D eigenvalue weighted by Gasteiger charge is -2.11. The number of rotatable bonds is 7. The SMILES string of the molecule is CS(=O)(=O)SCCOc1ccc2c(c1)C(CCN)C=N2. The van der Waals surface area contributed by atoms with Gasteiger partial charge < -0.3 is 10.5 Å². The fourth-order valence-corrected chi connectivity index (χ4v) is 3.61. The molecule has 0 saturated heterocycles. The van der Waals surface area contributed by atoms with Crippen LogP contribution in [0.3, 0.4) is 0 Å². The second-order valence-electron chi connectivity index (χ2n) is 4.56. The topological polar surface area (TPSA) is 81.8 Å². The molecule has 0 saturated carbocycles. The van der Waals surface area contributed by atoms with Crippen molar-refractivity contribution >= 4 is 31.6 Å². The van der Waals surface area contributed by atoms with Crippen molar-refractivity contribution < 1.29 is 13.2 Å². The molecule has 1 aliphatic rings. The smallest absolute Gasteiger partial charge is 0.198 e. The number of aliphatic imine (C=N–C) groups is 1. The molecule has 1 aliphatic heterocycles. The van der Waals surface area contributed by atoms with E-state index >= 15 is 0 Å². The summed E-state index contributed by atoms with van der Waals surface area (Å²) in [5, 5.41) is 0. The first-order valence-corrected chi connectivity index (χ1v) is 9.74. The molecule has 20 heavy (non-hydrogen) atoms. The Morgan fingerprint density at radius 2 is 2.25 bits per heavy atom. The second kappa shape index (κ2) is 6.60. The van der Waals surface area contributed by atoms with Gasteiger partial charge in [0.25, 0.3) is 0 Å². The van der Waals surface area contributed by atoms with Gasteiger partial charge in [0.05, 0.1) is 12.3 Å². The molecule has 0 radical (unpaired) electrons. The van der Waals surface area contributed by atoms with E-state index in [4.69, 9.17) is 10.5 Å². The van der Waals surface area contributed by atoms with Crippen LogP contribution in [0.15, 0.2) is 23.2 Å². The molecule has 1 aromatic rings. The minimum atomic E-state index is -3.00. The monoisotopic (exact) mass is 314 g/mol. The third kappa shape index (κ3) is 4.22. The third-order valence-corrected chi connectivity index (χ3v) is 5.47. The summed E-state index contributed by atoms with van der Waals surface area (Å²) >= 11 is 0. The summed E-state index contributed by atoms with van der Waals surface area (Å²) < 4.78 is 27.6. The Kier molecular flexibility index (Phi) is 5.06. The summed E-state index contributed by atoms with van der Waals surface area (Å²) in [7, 11) is -2.11. The number of hydrogen-bond acceptors (Lipinski definition) is 6. The lowest BCUT2D eigenvalue weighted by atomic mass is 9.98. The Morgan fingerprint density at radius 3 is 2.95 bits per heavy atom. The predicted molar refractivity (Wildman–Crippen MR) is 83.8 cm³/mol. The molecule has 1 heterocycles. The van der Waals surface area contributed by atoms with E-state index in [1.807, 2.05) is 24.4 Å². The molecule has 1 atom stereocenters. The number of nitrogens with zero attached hydrogens (tertiary/aromatic N) is 1. The van der Waals surface area contributed by atoms with E-state index in [0.29, 0.717) is 18.9 Å². The van der Waals surface area contributed by atoms with E-state index in [1.54, 1.807) is 0 Å². The minimum Gasteiger partial charge on any atom is -0.493 e. The van der Waals surface area contributed by atoms with Crippen LogP contribution in [0.25, 0.3) is 0 Å². The summed E-state index contributed by atoms with van der Waals surface area (Å²) in [6, 6.07) is 5.74. The highest BCUT2D eigenvalue weighted by atomic mass is 33.1. The van der Waals surface area contributed by atoms with Crippen molar-refractivity contribution in [3.63, 3.8) is 0 Å². The molecule has 2 N–H and O–H groups in total. The van der Waals surface area contributed by atoms with Crippen molar-refractivity contribution in [3.05, 3.63) is 23.8 Å². The van der Waals surface area contributed by atoms with Crippen LogP contribution in [-0.4, -0.2) is 39.8 Å². The van der Waals surface area contributed by atoms with Crippen LogP contribution in [0.1, 0.15) is 17.9 Å². The first kappa shape index (κ1) is 15.3. The summed E-state index contributed by atoms with van der Waals surface area (Å²) in [6.45, 7) is 0.977. The summed E-state index contributed by atoms with van der Waals surface area (Å²) in [4.78, 5) is 4.35. The van der Waals surface area contributed by atoms with Crippen molar-refractivity contribution in [2.24, 2.45) is 10.7 Å². The van der Waals surface area contributed by atoms with Gasteiger partial charge in [0.2, 0.25) is 0 Å². The van der Waals surface area contributed by atoms with Crippen LogP contribution in [0.4, 0.5) is 5.69 Å². The van der Waals surface area contributed by atoms with Crippen molar-refractivity contribution in [2.75, 3.05) is 25.2 Å². The van der Waals surface area contributed by atoms with Gasteiger partial charge in [-0.3, -0.25) is 4.99 Å². The van der Waals surface area contributed by atoms with Crippen molar-refractivity contribution in [1.82, 2.24) is 0 Å². The van der Waals surface area contributed by atoms with Crippen LogP contribution < -0.4 is 10.5 Å². The van der Waals surface area contributed by atoms with Gasteiger partial charge in [-0.15, -0.1) is 0 Å². The quantitative estimate of drug-likeness (QED) is 0.614. The maximum Gasteiger partial charge on any atom is 0.198 e. The maximum absolute atomic E-state index is 11.0. The molecular weight excluding hydrogens is 296 g/mol. The first-order chi connectivity index (χ1) is 9.49. The van der Waals surface area contributed by atoms with E-state index in [0.717, 1.165) is 34.2 Å². The largest absolute Gasteiger partial charge is 0.493 e.